The van der Waals surface area contributed by atoms with E-state index >= 15 is 0 Å². The Morgan fingerprint density at radius 2 is 2.21 bits per heavy atom. The van der Waals surface area contributed by atoms with E-state index in [4.69, 9.17) is 5.11 Å². The number of rotatable bonds is 3. The molecule has 1 aliphatic heterocycles. The molecule has 0 aliphatic carbocycles. The predicted molar refractivity (Wildman–Crippen MR) is 55.5 cm³/mol. The summed E-state index contributed by atoms with van der Waals surface area (Å²) in [4.78, 5) is 13.2. The lowest BCUT2D eigenvalue weighted by atomic mass is 10.1. The van der Waals surface area contributed by atoms with Crippen LogP contribution in [0, 0.1) is 0 Å². The van der Waals surface area contributed by atoms with Crippen LogP contribution < -0.4 is 0 Å². The summed E-state index contributed by atoms with van der Waals surface area (Å²) in [5, 5.41) is 13.0. The molecule has 1 aliphatic rings. The molecule has 14 heavy (non-hydrogen) atoms. The van der Waals surface area contributed by atoms with Crippen LogP contribution in [0.4, 0.5) is 0 Å². The van der Waals surface area contributed by atoms with Crippen LogP contribution in [0.25, 0.3) is 0 Å². The molecule has 1 aromatic rings. The molecular weight excluding hydrogens is 198 g/mol. The quantitative estimate of drug-likeness (QED) is 0.831. The SMILES string of the molecule is O=C(O)[C@H](c1ccsc1)N1CCCC1. The first-order valence-corrected chi connectivity index (χ1v) is 5.72. The van der Waals surface area contributed by atoms with Crippen LogP contribution in [-0.2, 0) is 4.79 Å². The van der Waals surface area contributed by atoms with Gasteiger partial charge in [-0.05, 0) is 48.3 Å². The summed E-state index contributed by atoms with van der Waals surface area (Å²) in [6.45, 7) is 1.82. The third kappa shape index (κ3) is 1.81. The molecule has 1 fully saturated rings. The van der Waals surface area contributed by atoms with Gasteiger partial charge in [-0.1, -0.05) is 0 Å². The van der Waals surface area contributed by atoms with Crippen molar-refractivity contribution in [1.82, 2.24) is 4.90 Å². The van der Waals surface area contributed by atoms with Gasteiger partial charge in [-0.15, -0.1) is 0 Å². The largest absolute Gasteiger partial charge is 0.480 e. The standard InChI is InChI=1S/C10H13NO2S/c12-10(13)9(8-3-6-14-7-8)11-4-1-2-5-11/h3,6-7,9H,1-2,4-5H2,(H,12,13)/t9-/m0/s1. The van der Waals surface area contributed by atoms with Crippen LogP contribution in [0.2, 0.25) is 0 Å². The van der Waals surface area contributed by atoms with E-state index in [0.29, 0.717) is 0 Å². The number of hydrogen-bond donors (Lipinski definition) is 1. The maximum Gasteiger partial charge on any atom is 0.325 e. The molecule has 0 aromatic carbocycles. The fraction of sp³-hybridized carbons (Fsp3) is 0.500. The van der Waals surface area contributed by atoms with Crippen molar-refractivity contribution in [2.24, 2.45) is 0 Å². The van der Waals surface area contributed by atoms with Gasteiger partial charge < -0.3 is 5.11 Å². The fourth-order valence-corrected chi connectivity index (χ4v) is 2.62. The van der Waals surface area contributed by atoms with E-state index in [2.05, 4.69) is 0 Å². The first-order chi connectivity index (χ1) is 6.79. The summed E-state index contributed by atoms with van der Waals surface area (Å²) in [6.07, 6.45) is 2.24. The Hall–Kier alpha value is -0.870. The zero-order valence-electron chi connectivity index (χ0n) is 7.85. The second kappa shape index (κ2) is 4.11. The lowest BCUT2D eigenvalue weighted by molar-refractivity contribution is -0.143. The number of hydrogen-bond acceptors (Lipinski definition) is 3. The van der Waals surface area contributed by atoms with Gasteiger partial charge >= 0.3 is 5.97 Å². The van der Waals surface area contributed by atoms with Crippen LogP contribution in [-0.4, -0.2) is 29.1 Å². The van der Waals surface area contributed by atoms with Gasteiger partial charge in [0.2, 0.25) is 0 Å². The predicted octanol–water partition coefficient (Wildman–Crippen LogP) is 1.97. The van der Waals surface area contributed by atoms with E-state index in [1.54, 1.807) is 11.3 Å². The van der Waals surface area contributed by atoms with Gasteiger partial charge in [-0.25, -0.2) is 0 Å². The molecule has 1 atom stereocenters. The number of nitrogens with zero attached hydrogens (tertiary/aromatic N) is 1. The monoisotopic (exact) mass is 211 g/mol. The third-order valence-corrected chi connectivity index (χ3v) is 3.30. The van der Waals surface area contributed by atoms with E-state index in [1.165, 1.54) is 0 Å². The Bertz CT molecular complexity index is 304. The van der Waals surface area contributed by atoms with Crippen LogP contribution in [0.3, 0.4) is 0 Å². The number of aliphatic carboxylic acids is 1. The molecule has 0 saturated carbocycles. The average molecular weight is 211 g/mol. The second-order valence-corrected chi connectivity index (χ2v) is 4.32. The van der Waals surface area contributed by atoms with Gasteiger partial charge in [0.05, 0.1) is 0 Å². The minimum atomic E-state index is -0.731. The zero-order valence-corrected chi connectivity index (χ0v) is 8.67. The Labute approximate surface area is 87.0 Å². The molecule has 0 radical (unpaired) electrons. The van der Waals surface area contributed by atoms with E-state index < -0.39 is 12.0 Å². The third-order valence-electron chi connectivity index (χ3n) is 2.60. The van der Waals surface area contributed by atoms with Crippen molar-refractivity contribution in [3.63, 3.8) is 0 Å². The lowest BCUT2D eigenvalue weighted by Gasteiger charge is -2.22. The molecule has 4 heteroatoms. The molecule has 0 amide bonds. The van der Waals surface area contributed by atoms with Crippen LogP contribution >= 0.6 is 11.3 Å². The molecular formula is C10H13NO2S. The molecule has 76 valence electrons. The van der Waals surface area contributed by atoms with Gasteiger partial charge in [-0.3, -0.25) is 9.69 Å². The topological polar surface area (TPSA) is 40.5 Å². The van der Waals surface area contributed by atoms with Gasteiger partial charge in [-0.2, -0.15) is 11.3 Å². The molecule has 3 nitrogen and oxygen atoms in total. The van der Waals surface area contributed by atoms with Gasteiger partial charge in [0.1, 0.15) is 6.04 Å². The van der Waals surface area contributed by atoms with Crippen LogP contribution in [0.1, 0.15) is 24.4 Å². The highest BCUT2D eigenvalue weighted by Crippen LogP contribution is 2.26. The Kier molecular flexibility index (Phi) is 2.84. The van der Waals surface area contributed by atoms with Crippen molar-refractivity contribution in [2.45, 2.75) is 18.9 Å². The second-order valence-electron chi connectivity index (χ2n) is 3.54. The first-order valence-electron chi connectivity index (χ1n) is 4.78. The van der Waals surface area contributed by atoms with Crippen LogP contribution in [0.15, 0.2) is 16.8 Å². The molecule has 0 spiro atoms. The van der Waals surface area contributed by atoms with Crippen molar-refractivity contribution in [3.05, 3.63) is 22.4 Å². The Morgan fingerprint density at radius 3 is 2.71 bits per heavy atom. The van der Waals surface area contributed by atoms with E-state index in [1.807, 2.05) is 21.7 Å². The fourth-order valence-electron chi connectivity index (χ4n) is 1.94. The molecule has 0 unspecified atom stereocenters. The number of likely N-dealkylation sites (tertiary alicyclic amines) is 1. The van der Waals surface area contributed by atoms with E-state index in [9.17, 15) is 4.79 Å². The molecule has 1 saturated heterocycles. The normalized spacial score (nSPS) is 19.7. The molecule has 2 rings (SSSR count). The lowest BCUT2D eigenvalue weighted by Crippen LogP contribution is -2.31. The van der Waals surface area contributed by atoms with Gasteiger partial charge in [0, 0.05) is 0 Å². The number of carbonyl (C=O) groups is 1. The molecule has 0 bridgehead atoms. The highest BCUT2D eigenvalue weighted by Gasteiger charge is 2.29. The van der Waals surface area contributed by atoms with Crippen LogP contribution in [0.5, 0.6) is 0 Å². The molecule has 1 N–H and O–H groups in total. The maximum atomic E-state index is 11.1. The molecule has 1 aromatic heterocycles. The number of carboxylic acids is 1. The summed E-state index contributed by atoms with van der Waals surface area (Å²) in [5.74, 6) is -0.731. The van der Waals surface area contributed by atoms with Crippen molar-refractivity contribution in [1.29, 1.82) is 0 Å². The minimum Gasteiger partial charge on any atom is -0.480 e. The van der Waals surface area contributed by atoms with Crippen molar-refractivity contribution < 1.29 is 9.90 Å². The summed E-state index contributed by atoms with van der Waals surface area (Å²) >= 11 is 1.55. The van der Waals surface area contributed by atoms with Gasteiger partial charge in [0.25, 0.3) is 0 Å². The van der Waals surface area contributed by atoms with E-state index in [0.717, 1.165) is 31.5 Å². The number of thiophene rings is 1. The highest BCUT2D eigenvalue weighted by molar-refractivity contribution is 7.08. The highest BCUT2D eigenvalue weighted by atomic mass is 32.1. The van der Waals surface area contributed by atoms with Crippen molar-refractivity contribution in [3.8, 4) is 0 Å². The Balaban J connectivity index is 2.19. The maximum absolute atomic E-state index is 11.1. The first kappa shape index (κ1) is 9.68. The van der Waals surface area contributed by atoms with E-state index in [-0.39, 0.29) is 0 Å². The zero-order chi connectivity index (χ0) is 9.97. The summed E-state index contributed by atoms with van der Waals surface area (Å²) in [7, 11) is 0. The van der Waals surface area contributed by atoms with Gasteiger partial charge in [0.15, 0.2) is 0 Å². The smallest absolute Gasteiger partial charge is 0.325 e. The summed E-state index contributed by atoms with van der Waals surface area (Å²) in [6, 6.07) is 1.48. The van der Waals surface area contributed by atoms with Crippen molar-refractivity contribution >= 4 is 17.3 Å². The Morgan fingerprint density at radius 1 is 1.50 bits per heavy atom. The number of carboxylic acid groups (broad SMARTS) is 1. The molecule has 2 heterocycles. The summed E-state index contributed by atoms with van der Waals surface area (Å²) in [5.41, 5.74) is 0.921. The average Bonchev–Trinajstić information content (AvgIpc) is 2.75. The van der Waals surface area contributed by atoms with Crippen molar-refractivity contribution in [2.75, 3.05) is 13.1 Å². The summed E-state index contributed by atoms with van der Waals surface area (Å²) < 4.78 is 0. The minimum absolute atomic E-state index is 0.427.